The van der Waals surface area contributed by atoms with Gasteiger partial charge in [-0.3, -0.25) is 14.6 Å². The third-order valence-electron chi connectivity index (χ3n) is 9.50. The van der Waals surface area contributed by atoms with Gasteiger partial charge < -0.3 is 10.1 Å². The van der Waals surface area contributed by atoms with E-state index in [0.29, 0.717) is 30.2 Å². The van der Waals surface area contributed by atoms with Crippen molar-refractivity contribution in [2.24, 2.45) is 0 Å². The number of ether oxygens (including phenoxy) is 1. The van der Waals surface area contributed by atoms with Crippen LogP contribution < -0.4 is 10.1 Å². The summed E-state index contributed by atoms with van der Waals surface area (Å²) in [6.45, 7) is 5.04. The van der Waals surface area contributed by atoms with Gasteiger partial charge in [0, 0.05) is 42.3 Å². The number of hydrogen-bond donors (Lipinski definition) is 1. The molecular formula is C32H41N3O2. The van der Waals surface area contributed by atoms with Gasteiger partial charge in [-0.05, 0) is 73.9 Å². The molecule has 4 bridgehead atoms. The van der Waals surface area contributed by atoms with Crippen LogP contribution in [-0.4, -0.2) is 59.6 Å². The smallest absolute Gasteiger partial charge is 0.251 e. The SMILES string of the molecule is C=CCN1C2CCC1[C@H]1CCC2N1C(c1ccc(C(=O)NC2CCCCC2)cc1)c1cccc(OC)c1. The average Bonchev–Trinajstić information content (AvgIpc) is 3.45. The van der Waals surface area contributed by atoms with Crippen LogP contribution in [0.4, 0.5) is 0 Å². The number of amides is 1. The number of benzene rings is 2. The third kappa shape index (κ3) is 4.61. The highest BCUT2D eigenvalue weighted by molar-refractivity contribution is 5.94. The predicted molar refractivity (Wildman–Crippen MR) is 148 cm³/mol. The molecule has 1 aliphatic carbocycles. The molecule has 2 aromatic rings. The lowest BCUT2D eigenvalue weighted by atomic mass is 9.91. The summed E-state index contributed by atoms with van der Waals surface area (Å²) in [4.78, 5) is 18.6. The predicted octanol–water partition coefficient (Wildman–Crippen LogP) is 5.71. The van der Waals surface area contributed by atoms with E-state index in [-0.39, 0.29) is 11.9 Å². The molecular weight excluding hydrogens is 458 g/mol. The highest BCUT2D eigenvalue weighted by Crippen LogP contribution is 2.50. The number of fused-ring (bicyclic) bond motifs is 6. The fraction of sp³-hybridized carbons (Fsp3) is 0.531. The molecule has 196 valence electrons. The summed E-state index contributed by atoms with van der Waals surface area (Å²) in [7, 11) is 1.74. The number of methoxy groups -OCH3 is 1. The lowest BCUT2D eigenvalue weighted by Crippen LogP contribution is -2.60. The Hall–Kier alpha value is -2.63. The van der Waals surface area contributed by atoms with Gasteiger partial charge in [-0.2, -0.15) is 0 Å². The first-order valence-corrected chi connectivity index (χ1v) is 14.4. The van der Waals surface area contributed by atoms with E-state index in [9.17, 15) is 4.79 Å². The molecule has 5 heteroatoms. The quantitative estimate of drug-likeness (QED) is 0.473. The van der Waals surface area contributed by atoms with Crippen LogP contribution in [0.25, 0.3) is 0 Å². The Morgan fingerprint density at radius 2 is 1.62 bits per heavy atom. The number of carbonyl (C=O) groups excluding carboxylic acids is 1. The molecule has 1 amide bonds. The summed E-state index contributed by atoms with van der Waals surface area (Å²) in [5, 5.41) is 3.28. The molecule has 0 aromatic heterocycles. The lowest BCUT2D eigenvalue weighted by Gasteiger charge is -2.50. The topological polar surface area (TPSA) is 44.8 Å². The van der Waals surface area contributed by atoms with Crippen molar-refractivity contribution in [3.63, 3.8) is 0 Å². The monoisotopic (exact) mass is 499 g/mol. The van der Waals surface area contributed by atoms with E-state index < -0.39 is 0 Å². The fourth-order valence-electron chi connectivity index (χ4n) is 7.90. The van der Waals surface area contributed by atoms with Gasteiger partial charge in [-0.1, -0.05) is 49.6 Å². The van der Waals surface area contributed by atoms with Crippen molar-refractivity contribution >= 4 is 5.91 Å². The summed E-state index contributed by atoms with van der Waals surface area (Å²) < 4.78 is 5.63. The molecule has 2 aromatic carbocycles. The Morgan fingerprint density at radius 1 is 0.946 bits per heavy atom. The second-order valence-corrected chi connectivity index (χ2v) is 11.5. The maximum absolute atomic E-state index is 13.0. The molecule has 1 saturated carbocycles. The van der Waals surface area contributed by atoms with Crippen molar-refractivity contribution in [2.45, 2.75) is 94.0 Å². The largest absolute Gasteiger partial charge is 0.497 e. The van der Waals surface area contributed by atoms with E-state index in [1.165, 1.54) is 56.1 Å². The molecule has 3 heterocycles. The minimum atomic E-state index is 0.0625. The van der Waals surface area contributed by atoms with Crippen molar-refractivity contribution in [1.82, 2.24) is 15.1 Å². The van der Waals surface area contributed by atoms with E-state index >= 15 is 0 Å². The van der Waals surface area contributed by atoms with Crippen LogP contribution in [0, 0.1) is 0 Å². The maximum atomic E-state index is 13.0. The van der Waals surface area contributed by atoms with E-state index in [2.05, 4.69) is 58.1 Å². The van der Waals surface area contributed by atoms with Gasteiger partial charge in [-0.25, -0.2) is 0 Å². The van der Waals surface area contributed by atoms with Gasteiger partial charge in [0.2, 0.25) is 0 Å². The van der Waals surface area contributed by atoms with Crippen LogP contribution in [-0.2, 0) is 0 Å². The molecule has 5 atom stereocenters. The zero-order chi connectivity index (χ0) is 25.4. The number of carbonyl (C=O) groups is 1. The molecule has 0 spiro atoms. The molecule has 5 nitrogen and oxygen atoms in total. The van der Waals surface area contributed by atoms with Crippen LogP contribution in [0.5, 0.6) is 5.75 Å². The number of nitrogens with one attached hydrogen (secondary N) is 1. The van der Waals surface area contributed by atoms with Gasteiger partial charge >= 0.3 is 0 Å². The van der Waals surface area contributed by atoms with E-state index in [1.807, 2.05) is 18.2 Å². The molecule has 4 aliphatic rings. The Balaban J connectivity index is 1.31. The van der Waals surface area contributed by atoms with E-state index in [1.54, 1.807) is 7.11 Å². The number of nitrogens with zero attached hydrogens (tertiary/aromatic N) is 2. The van der Waals surface area contributed by atoms with Crippen LogP contribution >= 0.6 is 0 Å². The minimum Gasteiger partial charge on any atom is -0.497 e. The summed E-state index contributed by atoms with van der Waals surface area (Å²) in [6, 6.07) is 19.8. The van der Waals surface area contributed by atoms with Crippen molar-refractivity contribution in [1.29, 1.82) is 0 Å². The molecule has 6 rings (SSSR count). The summed E-state index contributed by atoms with van der Waals surface area (Å²) in [5.41, 5.74) is 3.29. The van der Waals surface area contributed by atoms with Crippen LogP contribution in [0.15, 0.2) is 61.2 Å². The number of piperazine rings is 1. The van der Waals surface area contributed by atoms with Crippen molar-refractivity contribution < 1.29 is 9.53 Å². The summed E-state index contributed by atoms with van der Waals surface area (Å²) in [5.74, 6) is 0.958. The van der Waals surface area contributed by atoms with Gasteiger partial charge in [0.05, 0.1) is 13.2 Å². The molecule has 0 radical (unpaired) electrons. The highest BCUT2D eigenvalue weighted by atomic mass is 16.5. The fourth-order valence-corrected chi connectivity index (χ4v) is 7.90. The normalized spacial score (nSPS) is 28.7. The summed E-state index contributed by atoms with van der Waals surface area (Å²) >= 11 is 0. The first-order chi connectivity index (χ1) is 18.2. The Bertz CT molecular complexity index is 1090. The second-order valence-electron chi connectivity index (χ2n) is 11.5. The Kier molecular flexibility index (Phi) is 7.09. The molecule has 1 N–H and O–H groups in total. The van der Waals surface area contributed by atoms with Crippen molar-refractivity contribution in [3.8, 4) is 5.75 Å². The molecule has 4 unspecified atom stereocenters. The van der Waals surface area contributed by atoms with E-state index in [0.717, 1.165) is 30.7 Å². The van der Waals surface area contributed by atoms with Gasteiger partial charge in [-0.15, -0.1) is 6.58 Å². The first-order valence-electron chi connectivity index (χ1n) is 14.4. The molecule has 4 fully saturated rings. The average molecular weight is 500 g/mol. The molecule has 37 heavy (non-hydrogen) atoms. The zero-order valence-corrected chi connectivity index (χ0v) is 22.1. The molecule has 3 aliphatic heterocycles. The number of hydrogen-bond acceptors (Lipinski definition) is 4. The van der Waals surface area contributed by atoms with Crippen LogP contribution in [0.3, 0.4) is 0 Å². The van der Waals surface area contributed by atoms with Crippen LogP contribution in [0.1, 0.15) is 85.3 Å². The first kappa shape index (κ1) is 24.7. The Morgan fingerprint density at radius 3 is 2.27 bits per heavy atom. The van der Waals surface area contributed by atoms with Crippen molar-refractivity contribution in [3.05, 3.63) is 77.9 Å². The van der Waals surface area contributed by atoms with E-state index in [4.69, 9.17) is 4.74 Å². The third-order valence-corrected chi connectivity index (χ3v) is 9.50. The standard InChI is InChI=1S/C32H41N3O2/c1-3-20-34-27-16-17-28(34)30-19-18-29(27)35(30)31(24-8-7-11-26(21-24)37-2)22-12-14-23(15-13-22)32(36)33-25-9-5-4-6-10-25/h3,7-8,11-15,21,25,27-31H,1,4-6,9-10,16-20H2,2H3,(H,33,36)/t27?,28?,29-,30?,31?/m1/s1. The van der Waals surface area contributed by atoms with Gasteiger partial charge in [0.1, 0.15) is 5.75 Å². The minimum absolute atomic E-state index is 0.0625. The maximum Gasteiger partial charge on any atom is 0.251 e. The number of rotatable bonds is 8. The second kappa shape index (κ2) is 10.6. The van der Waals surface area contributed by atoms with Crippen LogP contribution in [0.2, 0.25) is 0 Å². The highest BCUT2D eigenvalue weighted by Gasteiger charge is 2.56. The Labute approximate surface area is 221 Å². The molecule has 3 saturated heterocycles. The lowest BCUT2D eigenvalue weighted by molar-refractivity contribution is -0.00329. The zero-order valence-electron chi connectivity index (χ0n) is 22.1. The van der Waals surface area contributed by atoms with Crippen molar-refractivity contribution in [2.75, 3.05) is 13.7 Å². The van der Waals surface area contributed by atoms with Gasteiger partial charge in [0.15, 0.2) is 0 Å². The van der Waals surface area contributed by atoms with Gasteiger partial charge in [0.25, 0.3) is 5.91 Å². The summed E-state index contributed by atoms with van der Waals surface area (Å²) in [6.07, 6.45) is 13.1.